The van der Waals surface area contributed by atoms with E-state index in [0.717, 1.165) is 12.1 Å². The average Bonchev–Trinajstić information content (AvgIpc) is 2.44. The number of hydrogen-bond acceptors (Lipinski definition) is 1. The fourth-order valence-corrected chi connectivity index (χ4v) is 2.42. The van der Waals surface area contributed by atoms with Crippen molar-refractivity contribution < 1.29 is 17.6 Å². The van der Waals surface area contributed by atoms with Crippen molar-refractivity contribution in [1.82, 2.24) is 5.32 Å². The highest BCUT2D eigenvalue weighted by Gasteiger charge is 2.23. The minimum atomic E-state index is -1.56. The SMILES string of the molecule is CCNC(c1ccc(Br)cc1F)c1ccc(F)c(F)c1F. The molecule has 1 nitrogen and oxygen atoms in total. The summed E-state index contributed by atoms with van der Waals surface area (Å²) in [5.74, 6) is -4.72. The molecule has 0 aliphatic rings. The molecule has 0 saturated heterocycles. The summed E-state index contributed by atoms with van der Waals surface area (Å²) in [7, 11) is 0. The first-order valence-electron chi connectivity index (χ1n) is 6.27. The Morgan fingerprint density at radius 1 is 0.952 bits per heavy atom. The van der Waals surface area contributed by atoms with Crippen LogP contribution in [-0.2, 0) is 0 Å². The van der Waals surface area contributed by atoms with Crippen LogP contribution in [0, 0.1) is 23.3 Å². The van der Waals surface area contributed by atoms with Crippen molar-refractivity contribution >= 4 is 15.9 Å². The lowest BCUT2D eigenvalue weighted by atomic mass is 9.97. The van der Waals surface area contributed by atoms with Crippen molar-refractivity contribution in [3.05, 3.63) is 69.2 Å². The predicted molar refractivity (Wildman–Crippen MR) is 75.9 cm³/mol. The fourth-order valence-electron chi connectivity index (χ4n) is 2.09. The number of hydrogen-bond donors (Lipinski definition) is 1. The maximum absolute atomic E-state index is 14.1. The van der Waals surface area contributed by atoms with E-state index < -0.39 is 29.3 Å². The zero-order valence-electron chi connectivity index (χ0n) is 11.1. The molecule has 0 saturated carbocycles. The van der Waals surface area contributed by atoms with Gasteiger partial charge in [0.05, 0.1) is 6.04 Å². The van der Waals surface area contributed by atoms with Gasteiger partial charge in [0.1, 0.15) is 5.82 Å². The van der Waals surface area contributed by atoms with Gasteiger partial charge < -0.3 is 5.32 Å². The average molecular weight is 362 g/mol. The van der Waals surface area contributed by atoms with Crippen LogP contribution in [0.2, 0.25) is 0 Å². The molecule has 1 N–H and O–H groups in total. The normalized spacial score (nSPS) is 12.5. The number of halogens is 5. The van der Waals surface area contributed by atoms with Gasteiger partial charge in [-0.05, 0) is 24.7 Å². The molecular formula is C15H12BrF4N. The van der Waals surface area contributed by atoms with Gasteiger partial charge in [-0.3, -0.25) is 0 Å². The Kier molecular flexibility index (Phi) is 5.00. The number of nitrogens with one attached hydrogen (secondary N) is 1. The van der Waals surface area contributed by atoms with E-state index in [4.69, 9.17) is 0 Å². The third-order valence-corrected chi connectivity index (χ3v) is 3.55. The standard InChI is InChI=1S/C15H12BrF4N/c1-2-21-15(9-4-3-8(16)7-12(9)18)10-5-6-11(17)14(20)13(10)19/h3-7,15,21H,2H2,1H3. The van der Waals surface area contributed by atoms with Crippen molar-refractivity contribution in [3.63, 3.8) is 0 Å². The van der Waals surface area contributed by atoms with Gasteiger partial charge in [-0.25, -0.2) is 17.6 Å². The van der Waals surface area contributed by atoms with Crippen LogP contribution in [-0.4, -0.2) is 6.54 Å². The Bertz CT molecular complexity index is 660. The highest BCUT2D eigenvalue weighted by Crippen LogP contribution is 2.29. The van der Waals surface area contributed by atoms with Gasteiger partial charge in [-0.15, -0.1) is 0 Å². The molecule has 2 aromatic carbocycles. The molecule has 112 valence electrons. The summed E-state index contributed by atoms with van der Waals surface area (Å²) in [5.41, 5.74) is 0.0157. The summed E-state index contributed by atoms with van der Waals surface area (Å²) in [5, 5.41) is 2.88. The summed E-state index contributed by atoms with van der Waals surface area (Å²) in [6.45, 7) is 2.15. The predicted octanol–water partition coefficient (Wildman–Crippen LogP) is 4.70. The van der Waals surface area contributed by atoms with E-state index in [0.29, 0.717) is 11.0 Å². The minimum Gasteiger partial charge on any atom is -0.306 e. The van der Waals surface area contributed by atoms with Crippen LogP contribution in [0.3, 0.4) is 0 Å². The van der Waals surface area contributed by atoms with Gasteiger partial charge in [0.25, 0.3) is 0 Å². The third kappa shape index (κ3) is 3.27. The van der Waals surface area contributed by atoms with Crippen LogP contribution in [0.5, 0.6) is 0 Å². The maximum atomic E-state index is 14.1. The topological polar surface area (TPSA) is 12.0 Å². The molecule has 0 fully saturated rings. The summed E-state index contributed by atoms with van der Waals surface area (Å²) >= 11 is 3.13. The molecule has 0 aromatic heterocycles. The second-order valence-electron chi connectivity index (χ2n) is 4.42. The first-order valence-corrected chi connectivity index (χ1v) is 7.06. The van der Waals surface area contributed by atoms with Crippen LogP contribution in [0.25, 0.3) is 0 Å². The van der Waals surface area contributed by atoms with Gasteiger partial charge in [0.15, 0.2) is 17.5 Å². The van der Waals surface area contributed by atoms with Gasteiger partial charge in [0.2, 0.25) is 0 Å². The largest absolute Gasteiger partial charge is 0.306 e. The molecule has 1 unspecified atom stereocenters. The molecule has 2 aromatic rings. The van der Waals surface area contributed by atoms with Gasteiger partial charge in [0, 0.05) is 15.6 Å². The van der Waals surface area contributed by atoms with E-state index in [2.05, 4.69) is 21.2 Å². The molecule has 0 aliphatic heterocycles. The van der Waals surface area contributed by atoms with Crippen molar-refractivity contribution in [2.75, 3.05) is 6.54 Å². The molecule has 1 atom stereocenters. The van der Waals surface area contributed by atoms with E-state index in [1.54, 1.807) is 13.0 Å². The molecule has 0 radical (unpaired) electrons. The molecule has 2 rings (SSSR count). The molecule has 0 spiro atoms. The first kappa shape index (κ1) is 16.0. The second-order valence-corrected chi connectivity index (χ2v) is 5.34. The second kappa shape index (κ2) is 6.58. The number of rotatable bonds is 4. The highest BCUT2D eigenvalue weighted by atomic mass is 79.9. The molecule has 0 bridgehead atoms. The Labute approximate surface area is 128 Å². The first-order chi connectivity index (χ1) is 9.95. The lowest BCUT2D eigenvalue weighted by molar-refractivity contribution is 0.431. The Balaban J connectivity index is 2.56. The van der Waals surface area contributed by atoms with Gasteiger partial charge in [-0.1, -0.05) is 35.0 Å². The van der Waals surface area contributed by atoms with Crippen LogP contribution >= 0.6 is 15.9 Å². The maximum Gasteiger partial charge on any atom is 0.194 e. The summed E-state index contributed by atoms with van der Waals surface area (Å²) in [6.07, 6.45) is 0. The van der Waals surface area contributed by atoms with Crippen LogP contribution in [0.1, 0.15) is 24.1 Å². The quantitative estimate of drug-likeness (QED) is 0.614. The zero-order chi connectivity index (χ0) is 15.6. The van der Waals surface area contributed by atoms with E-state index >= 15 is 0 Å². The van der Waals surface area contributed by atoms with Gasteiger partial charge >= 0.3 is 0 Å². The molecule has 0 amide bonds. The summed E-state index contributed by atoms with van der Waals surface area (Å²) in [6, 6.07) is 5.33. The Hall–Kier alpha value is -1.40. The van der Waals surface area contributed by atoms with Gasteiger partial charge in [-0.2, -0.15) is 0 Å². The van der Waals surface area contributed by atoms with Crippen molar-refractivity contribution in [1.29, 1.82) is 0 Å². The Morgan fingerprint density at radius 2 is 1.62 bits per heavy atom. The fraction of sp³-hybridized carbons (Fsp3) is 0.200. The zero-order valence-corrected chi connectivity index (χ0v) is 12.6. The van der Waals surface area contributed by atoms with Crippen LogP contribution < -0.4 is 5.32 Å². The lowest BCUT2D eigenvalue weighted by Crippen LogP contribution is -2.24. The lowest BCUT2D eigenvalue weighted by Gasteiger charge is -2.20. The van der Waals surface area contributed by atoms with Crippen molar-refractivity contribution in [3.8, 4) is 0 Å². The third-order valence-electron chi connectivity index (χ3n) is 3.06. The van der Waals surface area contributed by atoms with Crippen LogP contribution in [0.4, 0.5) is 17.6 Å². The molecular weight excluding hydrogens is 350 g/mol. The minimum absolute atomic E-state index is 0.142. The molecule has 0 heterocycles. The van der Waals surface area contributed by atoms with E-state index in [1.165, 1.54) is 12.1 Å². The summed E-state index contributed by atoms with van der Waals surface area (Å²) in [4.78, 5) is 0. The Morgan fingerprint density at radius 3 is 2.24 bits per heavy atom. The highest BCUT2D eigenvalue weighted by molar-refractivity contribution is 9.10. The molecule has 21 heavy (non-hydrogen) atoms. The molecule has 6 heteroatoms. The summed E-state index contributed by atoms with van der Waals surface area (Å²) < 4.78 is 55.0. The van der Waals surface area contributed by atoms with E-state index in [-0.39, 0.29) is 11.1 Å². The number of benzene rings is 2. The van der Waals surface area contributed by atoms with E-state index in [1.807, 2.05) is 0 Å². The van der Waals surface area contributed by atoms with Crippen molar-refractivity contribution in [2.24, 2.45) is 0 Å². The smallest absolute Gasteiger partial charge is 0.194 e. The van der Waals surface area contributed by atoms with E-state index in [9.17, 15) is 17.6 Å². The van der Waals surface area contributed by atoms with Crippen molar-refractivity contribution in [2.45, 2.75) is 13.0 Å². The monoisotopic (exact) mass is 361 g/mol. The van der Waals surface area contributed by atoms with Crippen LogP contribution in [0.15, 0.2) is 34.8 Å². The molecule has 0 aliphatic carbocycles.